The van der Waals surface area contributed by atoms with E-state index in [1.807, 2.05) is 10.3 Å². The van der Waals surface area contributed by atoms with E-state index in [2.05, 4.69) is 5.32 Å². The summed E-state index contributed by atoms with van der Waals surface area (Å²) < 4.78 is 26.8. The van der Waals surface area contributed by atoms with Crippen molar-refractivity contribution in [2.45, 2.75) is 4.90 Å². The van der Waals surface area contributed by atoms with Crippen LogP contribution in [0.5, 0.6) is 0 Å². The third-order valence-corrected chi connectivity index (χ3v) is 6.88. The average molecular weight is 452 g/mol. The lowest BCUT2D eigenvalue weighted by molar-refractivity contribution is -0.117. The second kappa shape index (κ2) is 9.54. The Morgan fingerprint density at radius 3 is 2.13 bits per heavy atom. The number of rotatable bonds is 6. The van der Waals surface area contributed by atoms with E-state index in [1.165, 1.54) is 16.4 Å². The van der Waals surface area contributed by atoms with Crippen LogP contribution in [0.2, 0.25) is 5.02 Å². The molecular formula is C19H22ClN5O4S. The largest absolute Gasteiger partial charge is 0.325 e. The number of anilines is 1. The zero-order valence-electron chi connectivity index (χ0n) is 16.0. The number of nitrogens with two attached hydrogens (primary N) is 1. The van der Waals surface area contributed by atoms with Crippen LogP contribution in [0.4, 0.5) is 5.69 Å². The fourth-order valence-electron chi connectivity index (χ4n) is 3.08. The number of benzene rings is 2. The number of sulfonamides is 1. The molecule has 2 aromatic carbocycles. The third kappa shape index (κ3) is 5.35. The molecule has 0 radical (unpaired) electrons. The topological polar surface area (TPSA) is 125 Å². The monoisotopic (exact) mass is 451 g/mol. The third-order valence-electron chi connectivity index (χ3n) is 4.71. The standard InChI is InChI=1S/C19H22ClN5O4S/c20-15-3-7-17(8-4-15)30(28,29)25-11-9-24(10-12-25)13-18(26)22-16-5-1-14(2-6-16)19(27)23-21/h1-8H,9-13,21H2,(H,22,26)(H,23,27). The molecule has 11 heteroatoms. The molecule has 0 atom stereocenters. The van der Waals surface area contributed by atoms with Gasteiger partial charge >= 0.3 is 0 Å². The highest BCUT2D eigenvalue weighted by Crippen LogP contribution is 2.20. The predicted octanol–water partition coefficient (Wildman–Crippen LogP) is 0.889. The molecule has 4 N–H and O–H groups in total. The Hall–Kier alpha value is -2.50. The van der Waals surface area contributed by atoms with Gasteiger partial charge in [-0.2, -0.15) is 4.31 Å². The summed E-state index contributed by atoms with van der Waals surface area (Å²) in [4.78, 5) is 25.8. The molecule has 1 heterocycles. The van der Waals surface area contributed by atoms with Gasteiger partial charge in [-0.25, -0.2) is 14.3 Å². The summed E-state index contributed by atoms with van der Waals surface area (Å²) in [6, 6.07) is 12.4. The molecule has 0 spiro atoms. The lowest BCUT2D eigenvalue weighted by atomic mass is 10.2. The maximum absolute atomic E-state index is 12.7. The van der Waals surface area contributed by atoms with Crippen LogP contribution in [0.15, 0.2) is 53.4 Å². The predicted molar refractivity (Wildman–Crippen MR) is 113 cm³/mol. The number of nitrogens with one attached hydrogen (secondary N) is 2. The van der Waals surface area contributed by atoms with Crippen molar-refractivity contribution < 1.29 is 18.0 Å². The molecule has 160 valence electrons. The van der Waals surface area contributed by atoms with E-state index in [9.17, 15) is 18.0 Å². The molecule has 0 bridgehead atoms. The number of halogens is 1. The Bertz CT molecular complexity index is 1000. The van der Waals surface area contributed by atoms with Gasteiger partial charge in [-0.05, 0) is 48.5 Å². The molecule has 0 aliphatic carbocycles. The van der Waals surface area contributed by atoms with Crippen LogP contribution >= 0.6 is 11.6 Å². The Balaban J connectivity index is 1.51. The maximum Gasteiger partial charge on any atom is 0.265 e. The van der Waals surface area contributed by atoms with Gasteiger partial charge in [0, 0.05) is 42.5 Å². The first-order valence-corrected chi connectivity index (χ1v) is 11.0. The Morgan fingerprint density at radius 1 is 0.967 bits per heavy atom. The Morgan fingerprint density at radius 2 is 1.57 bits per heavy atom. The molecule has 1 saturated heterocycles. The minimum atomic E-state index is -3.59. The fourth-order valence-corrected chi connectivity index (χ4v) is 4.62. The molecule has 1 aliphatic heterocycles. The summed E-state index contributed by atoms with van der Waals surface area (Å²) in [6.07, 6.45) is 0. The highest BCUT2D eigenvalue weighted by molar-refractivity contribution is 7.89. The van der Waals surface area contributed by atoms with Crippen molar-refractivity contribution in [3.05, 3.63) is 59.1 Å². The van der Waals surface area contributed by atoms with Crippen molar-refractivity contribution in [2.75, 3.05) is 38.0 Å². The molecule has 2 aromatic rings. The summed E-state index contributed by atoms with van der Waals surface area (Å²) in [5.74, 6) is 4.44. The molecule has 1 fully saturated rings. The van der Waals surface area contributed by atoms with E-state index in [4.69, 9.17) is 17.4 Å². The Kier molecular flexibility index (Phi) is 7.06. The van der Waals surface area contributed by atoms with Gasteiger partial charge in [0.1, 0.15) is 0 Å². The van der Waals surface area contributed by atoms with Crippen LogP contribution < -0.4 is 16.6 Å². The summed E-state index contributed by atoms with van der Waals surface area (Å²) in [5.41, 5.74) is 2.97. The van der Waals surface area contributed by atoms with Gasteiger partial charge in [-0.15, -0.1) is 0 Å². The van der Waals surface area contributed by atoms with E-state index < -0.39 is 15.9 Å². The van der Waals surface area contributed by atoms with Crippen molar-refractivity contribution in [3.8, 4) is 0 Å². The van der Waals surface area contributed by atoms with Gasteiger partial charge in [0.15, 0.2) is 0 Å². The van der Waals surface area contributed by atoms with Crippen LogP contribution in [-0.2, 0) is 14.8 Å². The number of piperazine rings is 1. The first kappa shape index (κ1) is 22.2. The van der Waals surface area contributed by atoms with Crippen molar-refractivity contribution in [1.82, 2.24) is 14.6 Å². The van der Waals surface area contributed by atoms with E-state index in [-0.39, 0.29) is 17.3 Å². The van der Waals surface area contributed by atoms with Gasteiger partial charge in [-0.3, -0.25) is 19.9 Å². The lowest BCUT2D eigenvalue weighted by Gasteiger charge is -2.33. The normalized spacial score (nSPS) is 15.5. The number of carbonyl (C=O) groups is 2. The minimum absolute atomic E-state index is 0.139. The number of hydrazine groups is 1. The van der Waals surface area contributed by atoms with Crippen molar-refractivity contribution >= 4 is 39.1 Å². The molecule has 1 aliphatic rings. The molecule has 3 rings (SSSR count). The van der Waals surface area contributed by atoms with Crippen molar-refractivity contribution in [2.24, 2.45) is 5.84 Å². The quantitative estimate of drug-likeness (QED) is 0.340. The van der Waals surface area contributed by atoms with Crippen molar-refractivity contribution in [3.63, 3.8) is 0 Å². The van der Waals surface area contributed by atoms with Gasteiger partial charge < -0.3 is 5.32 Å². The van der Waals surface area contributed by atoms with Gasteiger partial charge in [0.05, 0.1) is 11.4 Å². The van der Waals surface area contributed by atoms with Gasteiger partial charge in [0.25, 0.3) is 5.91 Å². The smallest absolute Gasteiger partial charge is 0.265 e. The fraction of sp³-hybridized carbons (Fsp3) is 0.263. The summed E-state index contributed by atoms with van der Waals surface area (Å²) in [7, 11) is -3.59. The number of nitrogens with zero attached hydrogens (tertiary/aromatic N) is 2. The van der Waals surface area contributed by atoms with Crippen LogP contribution in [-0.4, -0.2) is 62.2 Å². The molecule has 0 unspecified atom stereocenters. The molecular weight excluding hydrogens is 430 g/mol. The first-order valence-electron chi connectivity index (χ1n) is 9.18. The maximum atomic E-state index is 12.7. The summed E-state index contributed by atoms with van der Waals surface area (Å²) >= 11 is 5.83. The van der Waals surface area contributed by atoms with Crippen LogP contribution in [0, 0.1) is 0 Å². The number of hydrogen-bond acceptors (Lipinski definition) is 6. The number of hydrogen-bond donors (Lipinski definition) is 3. The van der Waals surface area contributed by atoms with E-state index >= 15 is 0 Å². The summed E-state index contributed by atoms with van der Waals surface area (Å²) in [6.45, 7) is 1.61. The van der Waals surface area contributed by atoms with Crippen molar-refractivity contribution in [1.29, 1.82) is 0 Å². The number of amides is 2. The number of nitrogen functional groups attached to an aromatic ring is 1. The SMILES string of the molecule is NNC(=O)c1ccc(NC(=O)CN2CCN(S(=O)(=O)c3ccc(Cl)cc3)CC2)cc1. The molecule has 2 amide bonds. The lowest BCUT2D eigenvalue weighted by Crippen LogP contribution is -2.50. The van der Waals surface area contributed by atoms with Crippen LogP contribution in [0.3, 0.4) is 0 Å². The Labute approximate surface area is 179 Å². The van der Waals surface area contributed by atoms with Gasteiger partial charge in [0.2, 0.25) is 15.9 Å². The first-order chi connectivity index (χ1) is 14.3. The summed E-state index contributed by atoms with van der Waals surface area (Å²) in [5, 5.41) is 3.23. The molecule has 30 heavy (non-hydrogen) atoms. The second-order valence-corrected chi connectivity index (χ2v) is 9.11. The zero-order chi connectivity index (χ0) is 21.7. The van der Waals surface area contributed by atoms with E-state index in [0.29, 0.717) is 42.5 Å². The van der Waals surface area contributed by atoms with E-state index in [0.717, 1.165) is 0 Å². The average Bonchev–Trinajstić information content (AvgIpc) is 2.74. The molecule has 9 nitrogen and oxygen atoms in total. The molecule has 0 aromatic heterocycles. The molecule has 0 saturated carbocycles. The second-order valence-electron chi connectivity index (χ2n) is 6.73. The highest BCUT2D eigenvalue weighted by atomic mass is 35.5. The van der Waals surface area contributed by atoms with Gasteiger partial charge in [-0.1, -0.05) is 11.6 Å². The minimum Gasteiger partial charge on any atom is -0.325 e. The number of carbonyl (C=O) groups excluding carboxylic acids is 2. The zero-order valence-corrected chi connectivity index (χ0v) is 17.6. The highest BCUT2D eigenvalue weighted by Gasteiger charge is 2.29. The van der Waals surface area contributed by atoms with E-state index in [1.54, 1.807) is 36.4 Å². The van der Waals surface area contributed by atoms with Crippen LogP contribution in [0.25, 0.3) is 0 Å². The van der Waals surface area contributed by atoms with Crippen LogP contribution in [0.1, 0.15) is 10.4 Å².